The van der Waals surface area contributed by atoms with Crippen molar-refractivity contribution in [3.05, 3.63) is 29.8 Å². The number of anilines is 1. The van der Waals surface area contributed by atoms with Crippen molar-refractivity contribution in [2.75, 3.05) is 38.7 Å². The van der Waals surface area contributed by atoms with E-state index >= 15 is 0 Å². The maximum absolute atomic E-state index is 12.2. The van der Waals surface area contributed by atoms with Crippen LogP contribution in [0.25, 0.3) is 0 Å². The zero-order chi connectivity index (χ0) is 20.1. The third kappa shape index (κ3) is 5.08. The Labute approximate surface area is 172 Å². The summed E-state index contributed by atoms with van der Waals surface area (Å²) in [5, 5.41) is 6.51. The number of rotatable bonds is 5. The van der Waals surface area contributed by atoms with Gasteiger partial charge in [0.15, 0.2) is 5.96 Å². The van der Waals surface area contributed by atoms with E-state index < -0.39 is 0 Å². The van der Waals surface area contributed by atoms with Crippen molar-refractivity contribution in [2.45, 2.75) is 50.9 Å². The third-order valence-electron chi connectivity index (χ3n) is 6.11. The molecular weight excluding hydrogens is 368 g/mol. The first kappa shape index (κ1) is 20.2. The maximum atomic E-state index is 12.2. The summed E-state index contributed by atoms with van der Waals surface area (Å²) in [6, 6.07) is 8.03. The van der Waals surface area contributed by atoms with E-state index in [9.17, 15) is 4.79 Å². The molecule has 29 heavy (non-hydrogen) atoms. The number of guanidine groups is 1. The van der Waals surface area contributed by atoms with E-state index in [2.05, 4.69) is 26.6 Å². The number of hydrogen-bond acceptors (Lipinski definition) is 4. The molecule has 0 bridgehead atoms. The number of hydrogen-bond donors (Lipinski definition) is 2. The predicted octanol–water partition coefficient (Wildman–Crippen LogP) is 2.38. The SMILES string of the molecule is CN=C(NCc1cccc(NC(=O)C2CCC2)c1)N1CCOC(C2CCCO2)C1. The van der Waals surface area contributed by atoms with Crippen LogP contribution >= 0.6 is 0 Å². The fourth-order valence-corrected chi connectivity index (χ4v) is 4.18. The molecule has 2 unspecified atom stereocenters. The number of aliphatic imine (C=N–C) groups is 1. The van der Waals surface area contributed by atoms with Gasteiger partial charge in [-0.1, -0.05) is 18.6 Å². The van der Waals surface area contributed by atoms with Gasteiger partial charge >= 0.3 is 0 Å². The highest BCUT2D eigenvalue weighted by Gasteiger charge is 2.32. The second-order valence-electron chi connectivity index (χ2n) is 8.12. The van der Waals surface area contributed by atoms with E-state index in [0.29, 0.717) is 13.2 Å². The van der Waals surface area contributed by atoms with Crippen molar-refractivity contribution < 1.29 is 14.3 Å². The Morgan fingerprint density at radius 2 is 2.03 bits per heavy atom. The number of amides is 1. The van der Waals surface area contributed by atoms with Crippen LogP contribution in [0.1, 0.15) is 37.7 Å². The van der Waals surface area contributed by atoms with Gasteiger partial charge in [0.1, 0.15) is 6.10 Å². The van der Waals surface area contributed by atoms with Gasteiger partial charge in [0.05, 0.1) is 12.7 Å². The Kier molecular flexibility index (Phi) is 6.67. The number of nitrogens with one attached hydrogen (secondary N) is 2. The number of nitrogens with zero attached hydrogens (tertiary/aromatic N) is 2. The van der Waals surface area contributed by atoms with E-state index in [1.165, 1.54) is 0 Å². The van der Waals surface area contributed by atoms with Gasteiger partial charge < -0.3 is 25.0 Å². The molecule has 2 heterocycles. The number of ether oxygens (including phenoxy) is 2. The van der Waals surface area contributed by atoms with E-state index in [4.69, 9.17) is 9.47 Å². The van der Waals surface area contributed by atoms with Crippen molar-refractivity contribution in [1.82, 2.24) is 10.2 Å². The van der Waals surface area contributed by atoms with Gasteiger partial charge in [0.25, 0.3) is 0 Å². The zero-order valence-corrected chi connectivity index (χ0v) is 17.2. The normalized spacial score (nSPS) is 25.6. The van der Waals surface area contributed by atoms with Gasteiger partial charge in [-0.2, -0.15) is 0 Å². The van der Waals surface area contributed by atoms with Crippen LogP contribution in [0, 0.1) is 5.92 Å². The number of carbonyl (C=O) groups excluding carboxylic acids is 1. The Hall–Kier alpha value is -2.12. The quantitative estimate of drug-likeness (QED) is 0.586. The first-order valence-corrected chi connectivity index (χ1v) is 10.8. The van der Waals surface area contributed by atoms with Crippen LogP contribution in [0.15, 0.2) is 29.3 Å². The fraction of sp³-hybridized carbons (Fsp3) is 0.636. The first-order valence-electron chi connectivity index (χ1n) is 10.8. The highest BCUT2D eigenvalue weighted by atomic mass is 16.5. The average molecular weight is 401 g/mol. The third-order valence-corrected chi connectivity index (χ3v) is 6.11. The molecule has 2 N–H and O–H groups in total. The molecule has 0 aromatic heterocycles. The zero-order valence-electron chi connectivity index (χ0n) is 17.2. The summed E-state index contributed by atoms with van der Waals surface area (Å²) in [4.78, 5) is 18.9. The minimum absolute atomic E-state index is 0.106. The summed E-state index contributed by atoms with van der Waals surface area (Å²) in [6.45, 7) is 3.79. The predicted molar refractivity (Wildman–Crippen MR) is 113 cm³/mol. The molecule has 2 saturated heterocycles. The molecule has 4 rings (SSSR count). The van der Waals surface area contributed by atoms with Crippen molar-refractivity contribution in [3.8, 4) is 0 Å². The molecule has 0 spiro atoms. The van der Waals surface area contributed by atoms with Crippen LogP contribution in [0.2, 0.25) is 0 Å². The summed E-state index contributed by atoms with van der Waals surface area (Å²) >= 11 is 0. The topological polar surface area (TPSA) is 75.2 Å². The van der Waals surface area contributed by atoms with Gasteiger partial charge in [-0.15, -0.1) is 0 Å². The van der Waals surface area contributed by atoms with E-state index in [0.717, 1.165) is 69.0 Å². The molecule has 1 saturated carbocycles. The Bertz CT molecular complexity index is 729. The lowest BCUT2D eigenvalue weighted by Crippen LogP contribution is -2.53. The Morgan fingerprint density at radius 1 is 1.17 bits per heavy atom. The van der Waals surface area contributed by atoms with Gasteiger partial charge in [-0.05, 0) is 43.4 Å². The molecule has 2 aliphatic heterocycles. The van der Waals surface area contributed by atoms with Crippen molar-refractivity contribution in [1.29, 1.82) is 0 Å². The summed E-state index contributed by atoms with van der Waals surface area (Å²) < 4.78 is 11.8. The van der Waals surface area contributed by atoms with Crippen LogP contribution in [0.3, 0.4) is 0 Å². The summed E-state index contributed by atoms with van der Waals surface area (Å²) in [7, 11) is 1.81. The van der Waals surface area contributed by atoms with Gasteiger partial charge in [-0.3, -0.25) is 9.79 Å². The molecule has 7 heteroatoms. The molecule has 3 aliphatic rings. The lowest BCUT2D eigenvalue weighted by atomic mass is 9.85. The van der Waals surface area contributed by atoms with Gasteiger partial charge in [-0.25, -0.2) is 0 Å². The standard InChI is InChI=1S/C22H32N4O3/c1-23-22(26-10-12-29-20(15-26)19-9-4-11-28-19)24-14-16-5-2-8-18(13-16)25-21(27)17-6-3-7-17/h2,5,8,13,17,19-20H,3-4,6-7,9-12,14-15H2,1H3,(H,23,24)(H,25,27). The van der Waals surface area contributed by atoms with Crippen LogP contribution in [-0.2, 0) is 20.8 Å². The summed E-state index contributed by atoms with van der Waals surface area (Å²) in [6.07, 6.45) is 5.68. The minimum atomic E-state index is 0.106. The molecule has 2 atom stereocenters. The number of carbonyl (C=O) groups is 1. The second-order valence-corrected chi connectivity index (χ2v) is 8.12. The first-order chi connectivity index (χ1) is 14.2. The summed E-state index contributed by atoms with van der Waals surface area (Å²) in [5.41, 5.74) is 1.97. The van der Waals surface area contributed by atoms with Crippen molar-refractivity contribution in [2.24, 2.45) is 10.9 Å². The molecule has 158 valence electrons. The van der Waals surface area contributed by atoms with Gasteiger partial charge in [0.2, 0.25) is 5.91 Å². The smallest absolute Gasteiger partial charge is 0.227 e. The average Bonchev–Trinajstić information content (AvgIpc) is 3.22. The van der Waals surface area contributed by atoms with Crippen molar-refractivity contribution >= 4 is 17.6 Å². The molecule has 1 aliphatic carbocycles. The lowest BCUT2D eigenvalue weighted by Gasteiger charge is -2.37. The molecule has 1 aromatic carbocycles. The fourth-order valence-electron chi connectivity index (χ4n) is 4.18. The maximum Gasteiger partial charge on any atom is 0.227 e. The lowest BCUT2D eigenvalue weighted by molar-refractivity contribution is -0.122. The van der Waals surface area contributed by atoms with Crippen LogP contribution in [-0.4, -0.2) is 62.3 Å². The second kappa shape index (κ2) is 9.59. The molecular formula is C22H32N4O3. The number of morpholine rings is 1. The highest BCUT2D eigenvalue weighted by Crippen LogP contribution is 2.27. The van der Waals surface area contributed by atoms with Crippen LogP contribution < -0.4 is 10.6 Å². The van der Waals surface area contributed by atoms with Gasteiger partial charge in [0, 0.05) is 44.9 Å². The van der Waals surface area contributed by atoms with Crippen LogP contribution in [0.5, 0.6) is 0 Å². The highest BCUT2D eigenvalue weighted by molar-refractivity contribution is 5.93. The van der Waals surface area contributed by atoms with E-state index in [-0.39, 0.29) is 24.0 Å². The number of benzene rings is 1. The Balaban J connectivity index is 1.31. The minimum Gasteiger partial charge on any atom is -0.375 e. The molecule has 7 nitrogen and oxygen atoms in total. The van der Waals surface area contributed by atoms with E-state index in [1.54, 1.807) is 0 Å². The monoisotopic (exact) mass is 400 g/mol. The molecule has 0 radical (unpaired) electrons. The molecule has 3 fully saturated rings. The molecule has 1 aromatic rings. The largest absolute Gasteiger partial charge is 0.375 e. The molecule has 1 amide bonds. The van der Waals surface area contributed by atoms with Crippen LogP contribution in [0.4, 0.5) is 5.69 Å². The Morgan fingerprint density at radius 3 is 2.76 bits per heavy atom. The van der Waals surface area contributed by atoms with Crippen molar-refractivity contribution in [3.63, 3.8) is 0 Å². The van der Waals surface area contributed by atoms with E-state index in [1.807, 2.05) is 25.2 Å². The summed E-state index contributed by atoms with van der Waals surface area (Å²) in [5.74, 6) is 1.21.